The van der Waals surface area contributed by atoms with Gasteiger partial charge in [-0.1, -0.05) is 0 Å². The monoisotopic (exact) mass is 298 g/mol. The topological polar surface area (TPSA) is 101 Å². The number of anilines is 1. The smallest absolute Gasteiger partial charge is 0.243 e. The molecule has 2 aromatic rings. The van der Waals surface area contributed by atoms with E-state index in [4.69, 9.17) is 5.73 Å². The van der Waals surface area contributed by atoms with Gasteiger partial charge in [-0.15, -0.1) is 0 Å². The molecular weight excluding hydrogens is 283 g/mol. The molecule has 1 aromatic heterocycles. The fourth-order valence-electron chi connectivity index (χ4n) is 1.70. The number of nitrogens with two attached hydrogens (primary N) is 1. The van der Waals surface area contributed by atoms with E-state index < -0.39 is 20.7 Å². The second-order valence-electron chi connectivity index (χ2n) is 4.23. The second kappa shape index (κ2) is 6.02. The number of imidazole rings is 1. The van der Waals surface area contributed by atoms with Crippen molar-refractivity contribution in [3.05, 3.63) is 42.2 Å². The number of hydrogen-bond acceptors (Lipinski definition) is 4. The number of halogens is 1. The van der Waals surface area contributed by atoms with Crippen molar-refractivity contribution >= 4 is 15.7 Å². The number of nitrogen functional groups attached to an aromatic ring is 1. The fraction of sp³-hybridized carbons (Fsp3) is 0.250. The van der Waals surface area contributed by atoms with Gasteiger partial charge in [0.2, 0.25) is 10.0 Å². The fourth-order valence-corrected chi connectivity index (χ4v) is 2.89. The summed E-state index contributed by atoms with van der Waals surface area (Å²) in [6, 6.07) is 3.45. The average Bonchev–Trinajstić information content (AvgIpc) is 2.90. The van der Waals surface area contributed by atoms with Crippen LogP contribution in [-0.2, 0) is 16.4 Å². The number of nitrogens with zero attached hydrogens (tertiary/aromatic N) is 1. The molecule has 0 saturated carbocycles. The molecule has 0 saturated heterocycles. The summed E-state index contributed by atoms with van der Waals surface area (Å²) in [5.74, 6) is -0.0444. The van der Waals surface area contributed by atoms with Crippen LogP contribution >= 0.6 is 0 Å². The zero-order valence-electron chi connectivity index (χ0n) is 10.6. The number of sulfonamides is 1. The van der Waals surface area contributed by atoms with Crippen LogP contribution in [0.5, 0.6) is 0 Å². The van der Waals surface area contributed by atoms with Crippen molar-refractivity contribution in [2.45, 2.75) is 17.7 Å². The molecule has 4 N–H and O–H groups in total. The molecule has 0 spiro atoms. The Bertz CT molecular complexity index is 671. The molecule has 0 fully saturated rings. The Morgan fingerprint density at radius 2 is 2.20 bits per heavy atom. The third kappa shape index (κ3) is 3.55. The summed E-state index contributed by atoms with van der Waals surface area (Å²) in [6.07, 6.45) is 4.48. The molecule has 0 amide bonds. The number of nitrogens with one attached hydrogen (secondary N) is 2. The van der Waals surface area contributed by atoms with Crippen molar-refractivity contribution in [1.82, 2.24) is 14.7 Å². The minimum atomic E-state index is -3.89. The molecule has 0 aliphatic rings. The lowest BCUT2D eigenvalue weighted by Crippen LogP contribution is -2.26. The molecule has 0 bridgehead atoms. The maximum Gasteiger partial charge on any atom is 0.243 e. The van der Waals surface area contributed by atoms with Crippen molar-refractivity contribution in [2.75, 3.05) is 12.3 Å². The van der Waals surface area contributed by atoms with Gasteiger partial charge in [-0.2, -0.15) is 0 Å². The molecule has 108 valence electrons. The highest BCUT2D eigenvalue weighted by molar-refractivity contribution is 7.89. The van der Waals surface area contributed by atoms with Crippen LogP contribution in [0.4, 0.5) is 10.1 Å². The molecular formula is C12H15FN4O2S. The lowest BCUT2D eigenvalue weighted by Gasteiger charge is -2.08. The van der Waals surface area contributed by atoms with Gasteiger partial charge >= 0.3 is 0 Å². The van der Waals surface area contributed by atoms with Crippen LogP contribution in [0.15, 0.2) is 35.5 Å². The van der Waals surface area contributed by atoms with Crippen molar-refractivity contribution in [1.29, 1.82) is 0 Å². The predicted octanol–water partition coefficient (Wildman–Crippen LogP) is 1.04. The Labute approximate surface area is 116 Å². The summed E-state index contributed by atoms with van der Waals surface area (Å²) in [5.41, 5.74) is 5.67. The van der Waals surface area contributed by atoms with Gasteiger partial charge in [0.05, 0.1) is 0 Å². The molecule has 0 unspecified atom stereocenters. The summed E-state index contributed by atoms with van der Waals surface area (Å²) >= 11 is 0. The first-order valence-electron chi connectivity index (χ1n) is 6.02. The van der Waals surface area contributed by atoms with Crippen molar-refractivity contribution in [3.8, 4) is 0 Å². The minimum absolute atomic E-state index is 0.192. The van der Waals surface area contributed by atoms with E-state index in [9.17, 15) is 12.8 Å². The van der Waals surface area contributed by atoms with E-state index in [0.717, 1.165) is 18.0 Å². The normalized spacial score (nSPS) is 11.7. The highest BCUT2D eigenvalue weighted by atomic mass is 32.2. The molecule has 6 nitrogen and oxygen atoms in total. The highest BCUT2D eigenvalue weighted by Gasteiger charge is 2.18. The maximum atomic E-state index is 13.5. The standard InChI is InChI=1S/C12H15FN4O2S/c13-10-4-3-9(14)8-11(10)20(18,19)17-5-1-2-12-15-6-7-16-12/h3-4,6-8,17H,1-2,5,14H2,(H,15,16). The highest BCUT2D eigenvalue weighted by Crippen LogP contribution is 2.17. The van der Waals surface area contributed by atoms with Gasteiger partial charge in [-0.3, -0.25) is 0 Å². The summed E-state index contributed by atoms with van der Waals surface area (Å²) in [7, 11) is -3.89. The summed E-state index contributed by atoms with van der Waals surface area (Å²) in [5, 5.41) is 0. The largest absolute Gasteiger partial charge is 0.399 e. The molecule has 0 aliphatic heterocycles. The first kappa shape index (κ1) is 14.5. The number of aromatic amines is 1. The van der Waals surface area contributed by atoms with E-state index in [-0.39, 0.29) is 12.2 Å². The number of aryl methyl sites for hydroxylation is 1. The van der Waals surface area contributed by atoms with Gasteiger partial charge in [0.1, 0.15) is 16.5 Å². The van der Waals surface area contributed by atoms with Gasteiger partial charge in [0.15, 0.2) is 0 Å². The van der Waals surface area contributed by atoms with Crippen LogP contribution < -0.4 is 10.5 Å². The zero-order chi connectivity index (χ0) is 14.6. The number of aromatic nitrogens is 2. The predicted molar refractivity (Wildman–Crippen MR) is 72.9 cm³/mol. The van der Waals surface area contributed by atoms with Gasteiger partial charge in [-0.25, -0.2) is 22.5 Å². The van der Waals surface area contributed by atoms with Gasteiger partial charge in [0.25, 0.3) is 0 Å². The van der Waals surface area contributed by atoms with Crippen LogP contribution in [0.2, 0.25) is 0 Å². The van der Waals surface area contributed by atoms with E-state index in [2.05, 4.69) is 14.7 Å². The second-order valence-corrected chi connectivity index (χ2v) is 5.96. The molecule has 1 heterocycles. The Balaban J connectivity index is 1.95. The quantitative estimate of drug-likeness (QED) is 0.548. The molecule has 0 aliphatic carbocycles. The van der Waals surface area contributed by atoms with E-state index in [1.54, 1.807) is 12.4 Å². The van der Waals surface area contributed by atoms with E-state index in [0.29, 0.717) is 12.8 Å². The number of hydrogen-bond donors (Lipinski definition) is 3. The molecule has 2 rings (SSSR count). The van der Waals surface area contributed by atoms with Crippen LogP contribution in [-0.4, -0.2) is 24.9 Å². The first-order chi connectivity index (χ1) is 9.49. The Morgan fingerprint density at radius 1 is 1.40 bits per heavy atom. The van der Waals surface area contributed by atoms with Crippen LogP contribution in [0.3, 0.4) is 0 Å². The van der Waals surface area contributed by atoms with Crippen molar-refractivity contribution in [2.24, 2.45) is 0 Å². The number of H-pyrrole nitrogens is 1. The third-order valence-electron chi connectivity index (χ3n) is 2.68. The zero-order valence-corrected chi connectivity index (χ0v) is 11.5. The lowest BCUT2D eigenvalue weighted by molar-refractivity contribution is 0.555. The summed E-state index contributed by atoms with van der Waals surface area (Å²) in [4.78, 5) is 6.51. The summed E-state index contributed by atoms with van der Waals surface area (Å²) in [6.45, 7) is 0.192. The Kier molecular flexibility index (Phi) is 4.35. The Morgan fingerprint density at radius 3 is 2.90 bits per heavy atom. The first-order valence-corrected chi connectivity index (χ1v) is 7.50. The van der Waals surface area contributed by atoms with Crippen LogP contribution in [0.25, 0.3) is 0 Å². The van der Waals surface area contributed by atoms with Gasteiger partial charge in [-0.05, 0) is 24.6 Å². The van der Waals surface area contributed by atoms with Crippen LogP contribution in [0.1, 0.15) is 12.2 Å². The lowest BCUT2D eigenvalue weighted by atomic mass is 10.3. The SMILES string of the molecule is Nc1ccc(F)c(S(=O)(=O)NCCCc2ncc[nH]2)c1. The molecule has 1 aromatic carbocycles. The van der Waals surface area contributed by atoms with Crippen LogP contribution in [0, 0.1) is 5.82 Å². The van der Waals surface area contributed by atoms with Gasteiger partial charge < -0.3 is 10.7 Å². The maximum absolute atomic E-state index is 13.5. The van der Waals surface area contributed by atoms with E-state index >= 15 is 0 Å². The van der Waals surface area contributed by atoms with E-state index in [1.165, 1.54) is 6.07 Å². The van der Waals surface area contributed by atoms with Crippen molar-refractivity contribution in [3.63, 3.8) is 0 Å². The van der Waals surface area contributed by atoms with Crippen molar-refractivity contribution < 1.29 is 12.8 Å². The average molecular weight is 298 g/mol. The minimum Gasteiger partial charge on any atom is -0.399 e. The summed E-state index contributed by atoms with van der Waals surface area (Å²) < 4.78 is 39.7. The molecule has 20 heavy (non-hydrogen) atoms. The number of rotatable bonds is 6. The molecule has 8 heteroatoms. The van der Waals surface area contributed by atoms with Gasteiger partial charge in [0, 0.05) is 31.0 Å². The Hall–Kier alpha value is -1.93. The third-order valence-corrected chi connectivity index (χ3v) is 4.16. The number of benzene rings is 1. The molecule has 0 atom stereocenters. The van der Waals surface area contributed by atoms with E-state index in [1.807, 2.05) is 0 Å². The molecule has 0 radical (unpaired) electrons.